The molecule has 2 rings (SSSR count). The van der Waals surface area contributed by atoms with Crippen molar-refractivity contribution in [3.63, 3.8) is 0 Å². The van der Waals surface area contributed by atoms with Gasteiger partial charge in [0.05, 0.1) is 11.4 Å². The molecule has 7 nitrogen and oxygen atoms in total. The Bertz CT molecular complexity index is 1070. The molecule has 0 aliphatic carbocycles. The van der Waals surface area contributed by atoms with Crippen LogP contribution < -0.4 is 5.32 Å². The molecule has 0 unspecified atom stereocenters. The smallest absolute Gasteiger partial charge is 0.243 e. The average Bonchev–Trinajstić information content (AvgIpc) is 2.76. The minimum Gasteiger partial charge on any atom is -0.355 e. The van der Waals surface area contributed by atoms with E-state index in [4.69, 9.17) is 34.8 Å². The first kappa shape index (κ1) is 27.4. The van der Waals surface area contributed by atoms with Crippen molar-refractivity contribution in [2.24, 2.45) is 0 Å². The molecular formula is C22H26Cl3N3O4S. The molecule has 1 atom stereocenters. The number of likely N-dealkylation sites (N-methyl/N-ethyl adjacent to an activating group) is 2. The van der Waals surface area contributed by atoms with E-state index < -0.39 is 28.5 Å². The van der Waals surface area contributed by atoms with Crippen LogP contribution >= 0.6 is 34.8 Å². The zero-order valence-electron chi connectivity index (χ0n) is 18.5. The van der Waals surface area contributed by atoms with Crippen LogP contribution in [-0.4, -0.2) is 55.6 Å². The molecule has 180 valence electrons. The number of carbonyl (C=O) groups excluding carboxylic acids is 2. The number of nitrogens with zero attached hydrogens (tertiary/aromatic N) is 2. The van der Waals surface area contributed by atoms with Crippen molar-refractivity contribution < 1.29 is 18.0 Å². The summed E-state index contributed by atoms with van der Waals surface area (Å²) in [7, 11) is -2.66. The van der Waals surface area contributed by atoms with Gasteiger partial charge in [-0.15, -0.1) is 0 Å². The lowest BCUT2D eigenvalue weighted by Gasteiger charge is -2.32. The van der Waals surface area contributed by atoms with Crippen LogP contribution in [0.3, 0.4) is 0 Å². The summed E-state index contributed by atoms with van der Waals surface area (Å²) in [6, 6.07) is 9.75. The van der Waals surface area contributed by atoms with Gasteiger partial charge in [0.2, 0.25) is 21.8 Å². The van der Waals surface area contributed by atoms with E-state index in [1.807, 2.05) is 0 Å². The SMILES string of the molecule is CCNC(=O)[C@@H](CC)N(Cc1c(Cl)cccc1Cl)C(=O)CN(C)S(=O)(=O)c1ccc(Cl)cc1. The van der Waals surface area contributed by atoms with E-state index in [0.717, 1.165) is 4.31 Å². The number of carbonyl (C=O) groups is 2. The van der Waals surface area contributed by atoms with E-state index in [2.05, 4.69) is 5.32 Å². The van der Waals surface area contributed by atoms with Gasteiger partial charge in [-0.05, 0) is 49.7 Å². The molecule has 0 saturated heterocycles. The van der Waals surface area contributed by atoms with Gasteiger partial charge in [0, 0.05) is 40.8 Å². The summed E-state index contributed by atoms with van der Waals surface area (Å²) in [5.41, 5.74) is 0.472. The van der Waals surface area contributed by atoms with Gasteiger partial charge in [0.15, 0.2) is 0 Å². The molecule has 0 fully saturated rings. The molecule has 33 heavy (non-hydrogen) atoms. The minimum atomic E-state index is -3.96. The Morgan fingerprint density at radius 1 is 1.00 bits per heavy atom. The third-order valence-corrected chi connectivity index (χ3v) is 7.78. The van der Waals surface area contributed by atoms with E-state index in [9.17, 15) is 18.0 Å². The topological polar surface area (TPSA) is 86.8 Å². The molecule has 0 heterocycles. The summed E-state index contributed by atoms with van der Waals surface area (Å²) in [6.07, 6.45) is 0.313. The molecule has 11 heteroatoms. The molecule has 1 N–H and O–H groups in total. The average molecular weight is 535 g/mol. The van der Waals surface area contributed by atoms with E-state index in [0.29, 0.717) is 33.6 Å². The van der Waals surface area contributed by atoms with Gasteiger partial charge in [0.1, 0.15) is 6.04 Å². The maximum absolute atomic E-state index is 13.4. The van der Waals surface area contributed by atoms with E-state index >= 15 is 0 Å². The molecule has 0 aromatic heterocycles. The highest BCUT2D eigenvalue weighted by Gasteiger charge is 2.32. The molecule has 0 aliphatic rings. The second-order valence-electron chi connectivity index (χ2n) is 7.26. The van der Waals surface area contributed by atoms with Crippen molar-refractivity contribution in [1.82, 2.24) is 14.5 Å². The first-order valence-corrected chi connectivity index (χ1v) is 12.8. The molecule has 0 radical (unpaired) electrons. The minimum absolute atomic E-state index is 0.00124. The van der Waals surface area contributed by atoms with Crippen LogP contribution in [0.5, 0.6) is 0 Å². The summed E-state index contributed by atoms with van der Waals surface area (Å²) < 4.78 is 26.8. The molecule has 2 aromatic rings. The van der Waals surface area contributed by atoms with Gasteiger partial charge < -0.3 is 10.2 Å². The van der Waals surface area contributed by atoms with Crippen LogP contribution in [0.15, 0.2) is 47.4 Å². The Kier molecular flexibility index (Phi) is 10.00. The Balaban J connectivity index is 2.37. The number of benzene rings is 2. The standard InChI is InChI=1S/C22H26Cl3N3O4S/c1-4-20(22(30)26-5-2)28(13-17-18(24)7-6-8-19(17)25)21(29)14-27(3)33(31,32)16-11-9-15(23)10-12-16/h6-12,20H,4-5,13-14H2,1-3H3,(H,26,30)/t20-/m1/s1. The van der Waals surface area contributed by atoms with Crippen molar-refractivity contribution in [2.75, 3.05) is 20.1 Å². The van der Waals surface area contributed by atoms with Gasteiger partial charge in [-0.3, -0.25) is 9.59 Å². The number of sulfonamides is 1. The molecule has 0 aliphatic heterocycles. The fraction of sp³-hybridized carbons (Fsp3) is 0.364. The first-order chi connectivity index (χ1) is 15.5. The zero-order valence-corrected chi connectivity index (χ0v) is 21.6. The lowest BCUT2D eigenvalue weighted by atomic mass is 10.1. The normalized spacial score (nSPS) is 12.5. The number of hydrogen-bond acceptors (Lipinski definition) is 4. The van der Waals surface area contributed by atoms with Gasteiger partial charge in [-0.1, -0.05) is 47.8 Å². The maximum atomic E-state index is 13.4. The Morgan fingerprint density at radius 3 is 2.09 bits per heavy atom. The fourth-order valence-electron chi connectivity index (χ4n) is 3.22. The summed E-state index contributed by atoms with van der Waals surface area (Å²) in [5.74, 6) is -0.913. The Hall–Kier alpha value is -1.84. The Labute approximate surface area is 209 Å². The quantitative estimate of drug-likeness (QED) is 0.495. The van der Waals surface area contributed by atoms with Crippen molar-refractivity contribution in [3.8, 4) is 0 Å². The number of halogens is 3. The maximum Gasteiger partial charge on any atom is 0.243 e. The molecule has 2 aromatic carbocycles. The van der Waals surface area contributed by atoms with Crippen molar-refractivity contribution >= 4 is 56.6 Å². The second kappa shape index (κ2) is 12.0. The monoisotopic (exact) mass is 533 g/mol. The molecule has 0 saturated carbocycles. The second-order valence-corrected chi connectivity index (χ2v) is 10.6. The number of rotatable bonds is 10. The Morgan fingerprint density at radius 2 is 1.58 bits per heavy atom. The first-order valence-electron chi connectivity index (χ1n) is 10.2. The summed E-state index contributed by atoms with van der Waals surface area (Å²) in [4.78, 5) is 27.4. The lowest BCUT2D eigenvalue weighted by molar-refractivity contribution is -0.141. The summed E-state index contributed by atoms with van der Waals surface area (Å²) >= 11 is 18.4. The number of amides is 2. The van der Waals surface area contributed by atoms with E-state index in [1.54, 1.807) is 32.0 Å². The van der Waals surface area contributed by atoms with Gasteiger partial charge >= 0.3 is 0 Å². The molecule has 0 bridgehead atoms. The zero-order chi connectivity index (χ0) is 24.8. The summed E-state index contributed by atoms with van der Waals surface area (Å²) in [6.45, 7) is 3.39. The van der Waals surface area contributed by atoms with Crippen LogP contribution in [0, 0.1) is 0 Å². The van der Waals surface area contributed by atoms with Crippen LogP contribution in [-0.2, 0) is 26.2 Å². The van der Waals surface area contributed by atoms with Gasteiger partial charge in [-0.25, -0.2) is 8.42 Å². The molecule has 2 amide bonds. The molecular weight excluding hydrogens is 509 g/mol. The highest BCUT2D eigenvalue weighted by Crippen LogP contribution is 2.27. The van der Waals surface area contributed by atoms with Crippen LogP contribution in [0.2, 0.25) is 15.1 Å². The van der Waals surface area contributed by atoms with Gasteiger partial charge in [-0.2, -0.15) is 4.31 Å². The van der Waals surface area contributed by atoms with Crippen LogP contribution in [0.4, 0.5) is 0 Å². The third kappa shape index (κ3) is 6.83. The van der Waals surface area contributed by atoms with E-state index in [-0.39, 0.29) is 17.3 Å². The van der Waals surface area contributed by atoms with Crippen molar-refractivity contribution in [3.05, 3.63) is 63.1 Å². The third-order valence-electron chi connectivity index (χ3n) is 5.01. The van der Waals surface area contributed by atoms with Crippen molar-refractivity contribution in [2.45, 2.75) is 37.8 Å². The predicted octanol–water partition coefficient (Wildman–Crippen LogP) is 4.21. The molecule has 0 spiro atoms. The van der Waals surface area contributed by atoms with Gasteiger partial charge in [0.25, 0.3) is 0 Å². The van der Waals surface area contributed by atoms with Crippen LogP contribution in [0.1, 0.15) is 25.8 Å². The summed E-state index contributed by atoms with van der Waals surface area (Å²) in [5, 5.41) is 3.79. The van der Waals surface area contributed by atoms with E-state index in [1.165, 1.54) is 36.2 Å². The van der Waals surface area contributed by atoms with Crippen molar-refractivity contribution in [1.29, 1.82) is 0 Å². The number of hydrogen-bond donors (Lipinski definition) is 1. The highest BCUT2D eigenvalue weighted by atomic mass is 35.5. The number of nitrogens with one attached hydrogen (secondary N) is 1. The highest BCUT2D eigenvalue weighted by molar-refractivity contribution is 7.89. The fourth-order valence-corrected chi connectivity index (χ4v) is 4.98. The van der Waals surface area contributed by atoms with Crippen LogP contribution in [0.25, 0.3) is 0 Å². The lowest BCUT2D eigenvalue weighted by Crippen LogP contribution is -2.51. The predicted molar refractivity (Wildman–Crippen MR) is 131 cm³/mol. The largest absolute Gasteiger partial charge is 0.355 e.